The standard InChI is InChI=1S/C27H36ClN3O4S/c1-21(27(33)29-23-13-5-3-6-14-23)31(20-22-12-9-10-17-25(22)28)26(32)18-11-19-30(2)36(34,35)24-15-7-4-8-16-24/h4,7-10,12,15-17,21,23H,3,5-6,11,13-14,18-20H2,1-2H3,(H,29,33)/t21-/m1/s1. The summed E-state index contributed by atoms with van der Waals surface area (Å²) < 4.78 is 26.8. The summed E-state index contributed by atoms with van der Waals surface area (Å²) in [5.74, 6) is -0.391. The van der Waals surface area contributed by atoms with Crippen LogP contribution in [0, 0.1) is 0 Å². The van der Waals surface area contributed by atoms with Gasteiger partial charge in [-0.05, 0) is 49.9 Å². The Bertz CT molecular complexity index is 1120. The normalized spacial score (nSPS) is 15.4. The van der Waals surface area contributed by atoms with Crippen LogP contribution in [0.5, 0.6) is 0 Å². The third-order valence-corrected chi connectivity index (χ3v) is 8.97. The zero-order valence-corrected chi connectivity index (χ0v) is 22.6. The maximum Gasteiger partial charge on any atom is 0.242 e. The molecule has 2 aromatic rings. The molecule has 0 unspecified atom stereocenters. The summed E-state index contributed by atoms with van der Waals surface area (Å²) in [4.78, 5) is 28.2. The number of nitrogens with one attached hydrogen (secondary N) is 1. The van der Waals surface area contributed by atoms with Crippen molar-refractivity contribution in [3.8, 4) is 0 Å². The van der Waals surface area contributed by atoms with Crippen LogP contribution in [-0.2, 0) is 26.2 Å². The number of hydrogen-bond donors (Lipinski definition) is 1. The van der Waals surface area contributed by atoms with E-state index in [1.807, 2.05) is 18.2 Å². The van der Waals surface area contributed by atoms with Crippen molar-refractivity contribution in [2.45, 2.75) is 75.4 Å². The molecule has 1 aliphatic carbocycles. The van der Waals surface area contributed by atoms with E-state index < -0.39 is 16.1 Å². The molecular formula is C27H36ClN3O4S. The maximum absolute atomic E-state index is 13.3. The first-order chi connectivity index (χ1) is 17.2. The summed E-state index contributed by atoms with van der Waals surface area (Å²) in [6.07, 6.45) is 5.74. The molecule has 9 heteroatoms. The van der Waals surface area contributed by atoms with Crippen molar-refractivity contribution < 1.29 is 18.0 Å². The van der Waals surface area contributed by atoms with Crippen LogP contribution in [0.25, 0.3) is 0 Å². The van der Waals surface area contributed by atoms with Gasteiger partial charge in [0.2, 0.25) is 21.8 Å². The van der Waals surface area contributed by atoms with E-state index in [-0.39, 0.29) is 42.3 Å². The maximum atomic E-state index is 13.3. The molecule has 7 nitrogen and oxygen atoms in total. The van der Waals surface area contributed by atoms with Crippen molar-refractivity contribution >= 4 is 33.4 Å². The number of amides is 2. The smallest absolute Gasteiger partial charge is 0.242 e. The molecule has 0 radical (unpaired) electrons. The molecule has 2 amide bonds. The fourth-order valence-corrected chi connectivity index (χ4v) is 5.88. The Morgan fingerprint density at radius 2 is 1.67 bits per heavy atom. The molecule has 1 aliphatic rings. The Morgan fingerprint density at radius 3 is 2.33 bits per heavy atom. The molecule has 2 aromatic carbocycles. The van der Waals surface area contributed by atoms with Crippen LogP contribution in [0.2, 0.25) is 5.02 Å². The number of carbonyl (C=O) groups is 2. The fourth-order valence-electron chi connectivity index (χ4n) is 4.45. The topological polar surface area (TPSA) is 86.8 Å². The lowest BCUT2D eigenvalue weighted by molar-refractivity contribution is -0.141. The van der Waals surface area contributed by atoms with Crippen LogP contribution in [0.15, 0.2) is 59.5 Å². The third kappa shape index (κ3) is 7.54. The van der Waals surface area contributed by atoms with Gasteiger partial charge in [0.25, 0.3) is 0 Å². The Balaban J connectivity index is 1.66. The van der Waals surface area contributed by atoms with E-state index in [1.165, 1.54) is 17.8 Å². The van der Waals surface area contributed by atoms with Gasteiger partial charge in [0.15, 0.2) is 0 Å². The molecule has 0 bridgehead atoms. The Hall–Kier alpha value is -2.42. The van der Waals surface area contributed by atoms with Crippen molar-refractivity contribution in [1.29, 1.82) is 0 Å². The first-order valence-electron chi connectivity index (χ1n) is 12.5. The first-order valence-corrected chi connectivity index (χ1v) is 14.4. The number of benzene rings is 2. The molecule has 0 spiro atoms. The van der Waals surface area contributed by atoms with Gasteiger partial charge >= 0.3 is 0 Å². The van der Waals surface area contributed by atoms with Crippen LogP contribution in [0.3, 0.4) is 0 Å². The van der Waals surface area contributed by atoms with Crippen molar-refractivity contribution in [2.75, 3.05) is 13.6 Å². The zero-order valence-electron chi connectivity index (χ0n) is 21.0. The monoisotopic (exact) mass is 533 g/mol. The van der Waals surface area contributed by atoms with Gasteiger partial charge in [0, 0.05) is 37.6 Å². The highest BCUT2D eigenvalue weighted by Crippen LogP contribution is 2.21. The number of nitrogens with zero attached hydrogens (tertiary/aromatic N) is 2. The van der Waals surface area contributed by atoms with Gasteiger partial charge in [0.05, 0.1) is 4.90 Å². The van der Waals surface area contributed by atoms with Gasteiger partial charge in [-0.3, -0.25) is 9.59 Å². The lowest BCUT2D eigenvalue weighted by atomic mass is 9.95. The van der Waals surface area contributed by atoms with Gasteiger partial charge in [-0.15, -0.1) is 0 Å². The molecule has 3 rings (SSSR count). The molecule has 1 N–H and O–H groups in total. The predicted molar refractivity (Wildman–Crippen MR) is 142 cm³/mol. The lowest BCUT2D eigenvalue weighted by Gasteiger charge is -2.31. The third-order valence-electron chi connectivity index (χ3n) is 6.73. The van der Waals surface area contributed by atoms with Gasteiger partial charge < -0.3 is 10.2 Å². The second-order valence-electron chi connectivity index (χ2n) is 9.38. The second-order valence-corrected chi connectivity index (χ2v) is 11.8. The summed E-state index contributed by atoms with van der Waals surface area (Å²) >= 11 is 6.36. The highest BCUT2D eigenvalue weighted by molar-refractivity contribution is 7.89. The highest BCUT2D eigenvalue weighted by atomic mass is 35.5. The average Bonchev–Trinajstić information content (AvgIpc) is 2.88. The molecule has 0 aromatic heterocycles. The number of carbonyl (C=O) groups excluding carboxylic acids is 2. The summed E-state index contributed by atoms with van der Waals surface area (Å²) in [5.41, 5.74) is 0.758. The molecule has 196 valence electrons. The molecule has 1 fully saturated rings. The molecule has 36 heavy (non-hydrogen) atoms. The second kappa shape index (κ2) is 13.2. The van der Waals surface area contributed by atoms with E-state index in [0.29, 0.717) is 11.4 Å². The van der Waals surface area contributed by atoms with E-state index >= 15 is 0 Å². The van der Waals surface area contributed by atoms with Crippen LogP contribution >= 0.6 is 11.6 Å². The molecular weight excluding hydrogens is 498 g/mol. The molecule has 0 aliphatic heterocycles. The Kier molecular flexibility index (Phi) is 10.3. The van der Waals surface area contributed by atoms with Gasteiger partial charge in [0.1, 0.15) is 6.04 Å². The minimum atomic E-state index is -3.63. The van der Waals surface area contributed by atoms with Crippen LogP contribution in [0.1, 0.15) is 57.4 Å². The molecule has 1 atom stereocenters. The SMILES string of the molecule is C[C@H](C(=O)NC1CCCCC1)N(Cc1ccccc1Cl)C(=O)CCCN(C)S(=O)(=O)c1ccccc1. The predicted octanol–water partition coefficient (Wildman–Crippen LogP) is 4.61. The Morgan fingerprint density at radius 1 is 1.03 bits per heavy atom. The summed E-state index contributed by atoms with van der Waals surface area (Å²) in [6, 6.07) is 14.9. The number of sulfonamides is 1. The van der Waals surface area contributed by atoms with E-state index in [4.69, 9.17) is 11.6 Å². The fraction of sp³-hybridized carbons (Fsp3) is 0.481. The average molecular weight is 534 g/mol. The van der Waals surface area contributed by atoms with Crippen LogP contribution in [-0.4, -0.2) is 55.1 Å². The van der Waals surface area contributed by atoms with Gasteiger partial charge in [-0.2, -0.15) is 0 Å². The molecule has 1 saturated carbocycles. The molecule has 0 saturated heterocycles. The summed E-state index contributed by atoms with van der Waals surface area (Å²) in [5, 5.41) is 3.64. The van der Waals surface area contributed by atoms with Gasteiger partial charge in [-0.1, -0.05) is 67.3 Å². The minimum absolute atomic E-state index is 0.111. The number of hydrogen-bond acceptors (Lipinski definition) is 4. The summed E-state index contributed by atoms with van der Waals surface area (Å²) in [6.45, 7) is 2.13. The van der Waals surface area contributed by atoms with E-state index in [2.05, 4.69) is 5.32 Å². The van der Waals surface area contributed by atoms with E-state index in [9.17, 15) is 18.0 Å². The number of rotatable bonds is 11. The van der Waals surface area contributed by atoms with E-state index in [1.54, 1.807) is 48.2 Å². The van der Waals surface area contributed by atoms with Crippen molar-refractivity contribution in [2.24, 2.45) is 0 Å². The van der Waals surface area contributed by atoms with Crippen LogP contribution in [0.4, 0.5) is 0 Å². The number of halogens is 1. The van der Waals surface area contributed by atoms with Gasteiger partial charge in [-0.25, -0.2) is 12.7 Å². The van der Waals surface area contributed by atoms with Crippen molar-refractivity contribution in [3.05, 3.63) is 65.2 Å². The lowest BCUT2D eigenvalue weighted by Crippen LogP contribution is -2.50. The van der Waals surface area contributed by atoms with Crippen LogP contribution < -0.4 is 5.32 Å². The van der Waals surface area contributed by atoms with E-state index in [0.717, 1.165) is 31.2 Å². The highest BCUT2D eigenvalue weighted by Gasteiger charge is 2.29. The largest absolute Gasteiger partial charge is 0.352 e. The van der Waals surface area contributed by atoms with Crippen molar-refractivity contribution in [3.63, 3.8) is 0 Å². The minimum Gasteiger partial charge on any atom is -0.352 e. The van der Waals surface area contributed by atoms with Crippen molar-refractivity contribution in [1.82, 2.24) is 14.5 Å². The molecule has 0 heterocycles. The summed E-state index contributed by atoms with van der Waals surface area (Å²) in [7, 11) is -2.12. The Labute approximate surface area is 219 Å². The zero-order chi connectivity index (χ0) is 26.1. The first kappa shape index (κ1) is 28.2. The quantitative estimate of drug-likeness (QED) is 0.457.